The van der Waals surface area contributed by atoms with Gasteiger partial charge in [-0.1, -0.05) is 30.3 Å². The lowest BCUT2D eigenvalue weighted by Gasteiger charge is -2.25. The zero-order valence-electron chi connectivity index (χ0n) is 13.8. The molecule has 2 saturated heterocycles. The van der Waals surface area contributed by atoms with Crippen molar-refractivity contribution in [2.75, 3.05) is 6.54 Å². The molecule has 0 radical (unpaired) electrons. The van der Waals surface area contributed by atoms with Gasteiger partial charge in [-0.15, -0.1) is 0 Å². The summed E-state index contributed by atoms with van der Waals surface area (Å²) in [6, 6.07) is 9.85. The average molecular weight is 326 g/mol. The van der Waals surface area contributed by atoms with E-state index in [1.54, 1.807) is 0 Å². The van der Waals surface area contributed by atoms with Gasteiger partial charge in [0.25, 0.3) is 5.91 Å². The number of amides is 1. The molecule has 1 N–H and O–H groups in total. The first-order chi connectivity index (χ1) is 11.7. The molecule has 2 aliphatic rings. The van der Waals surface area contributed by atoms with E-state index >= 15 is 0 Å². The number of hydrogen-bond donors (Lipinski definition) is 1. The maximum atomic E-state index is 12.8. The predicted molar refractivity (Wildman–Crippen MR) is 89.1 cm³/mol. The van der Waals surface area contributed by atoms with Crippen molar-refractivity contribution in [2.45, 2.75) is 50.9 Å². The van der Waals surface area contributed by atoms with Gasteiger partial charge in [0.05, 0.1) is 12.1 Å². The van der Waals surface area contributed by atoms with Gasteiger partial charge in [-0.25, -0.2) is 4.98 Å². The van der Waals surface area contributed by atoms with Crippen LogP contribution in [0.4, 0.5) is 0 Å². The molecule has 6 heteroatoms. The zero-order chi connectivity index (χ0) is 16.5. The van der Waals surface area contributed by atoms with Crippen LogP contribution in [0.15, 0.2) is 30.3 Å². The topological polar surface area (TPSA) is 71.1 Å². The quantitative estimate of drug-likeness (QED) is 0.941. The molecule has 24 heavy (non-hydrogen) atoms. The third kappa shape index (κ3) is 2.82. The van der Waals surface area contributed by atoms with Crippen LogP contribution in [0.3, 0.4) is 0 Å². The Bertz CT molecular complexity index is 715. The van der Waals surface area contributed by atoms with Crippen LogP contribution in [0.2, 0.25) is 0 Å². The van der Waals surface area contributed by atoms with Crippen molar-refractivity contribution in [3.05, 3.63) is 36.2 Å². The number of benzene rings is 1. The van der Waals surface area contributed by atoms with Crippen molar-refractivity contribution in [2.24, 2.45) is 0 Å². The van der Waals surface area contributed by atoms with Crippen molar-refractivity contribution < 1.29 is 9.53 Å². The Hall–Kier alpha value is -2.21. The number of likely N-dealkylation sites (tertiary alicyclic amines) is 1. The van der Waals surface area contributed by atoms with Gasteiger partial charge in [-0.2, -0.15) is 5.10 Å². The number of hydrogen-bond acceptors (Lipinski definition) is 4. The van der Waals surface area contributed by atoms with Gasteiger partial charge >= 0.3 is 0 Å². The number of carbonyl (C=O) groups is 1. The number of aromatic amines is 1. The number of ether oxygens (including phenoxy) is 1. The van der Waals surface area contributed by atoms with Gasteiger partial charge in [-0.3, -0.25) is 9.89 Å². The van der Waals surface area contributed by atoms with E-state index in [2.05, 4.69) is 15.2 Å². The van der Waals surface area contributed by atoms with Crippen molar-refractivity contribution in [1.29, 1.82) is 0 Å². The standard InChI is InChI=1S/C18H22N4O2/c1-12-9-10-15(24-12)18(23)22-11-5-8-14(22)17-19-16(20-21-17)13-6-3-2-4-7-13/h2-4,6-7,12,14-15H,5,8-11H2,1H3,(H,19,20,21)/t12-,14+,15+/m1/s1. The summed E-state index contributed by atoms with van der Waals surface area (Å²) in [6.45, 7) is 2.79. The molecule has 0 bridgehead atoms. The summed E-state index contributed by atoms with van der Waals surface area (Å²) < 4.78 is 5.76. The molecule has 2 aliphatic heterocycles. The normalized spacial score (nSPS) is 26.9. The van der Waals surface area contributed by atoms with Crippen molar-refractivity contribution >= 4 is 5.91 Å². The average Bonchev–Trinajstić information content (AvgIpc) is 3.34. The molecule has 3 atom stereocenters. The van der Waals surface area contributed by atoms with E-state index < -0.39 is 0 Å². The number of aromatic nitrogens is 3. The Morgan fingerprint density at radius 2 is 2.08 bits per heavy atom. The summed E-state index contributed by atoms with van der Waals surface area (Å²) in [6.07, 6.45) is 3.55. The van der Waals surface area contributed by atoms with E-state index in [9.17, 15) is 4.79 Å². The van der Waals surface area contributed by atoms with Crippen LogP contribution in [0.5, 0.6) is 0 Å². The van der Waals surface area contributed by atoms with Gasteiger partial charge in [0.2, 0.25) is 0 Å². The van der Waals surface area contributed by atoms with Gasteiger partial charge in [0, 0.05) is 12.1 Å². The summed E-state index contributed by atoms with van der Waals surface area (Å²) >= 11 is 0. The molecule has 0 aliphatic carbocycles. The highest BCUT2D eigenvalue weighted by molar-refractivity contribution is 5.81. The van der Waals surface area contributed by atoms with E-state index in [0.29, 0.717) is 5.82 Å². The van der Waals surface area contributed by atoms with Gasteiger partial charge in [-0.05, 0) is 32.6 Å². The second-order valence-corrected chi connectivity index (χ2v) is 6.61. The maximum absolute atomic E-state index is 12.8. The Kier molecular flexibility index (Phi) is 4.06. The molecule has 1 aromatic heterocycles. The summed E-state index contributed by atoms with van der Waals surface area (Å²) in [5.41, 5.74) is 0.976. The monoisotopic (exact) mass is 326 g/mol. The van der Waals surface area contributed by atoms with Crippen LogP contribution in [0.1, 0.15) is 44.5 Å². The minimum atomic E-state index is -0.294. The molecule has 0 spiro atoms. The summed E-state index contributed by atoms with van der Waals surface area (Å²) in [4.78, 5) is 19.3. The smallest absolute Gasteiger partial charge is 0.252 e. The van der Waals surface area contributed by atoms with Crippen molar-refractivity contribution in [1.82, 2.24) is 20.1 Å². The highest BCUT2D eigenvalue weighted by Crippen LogP contribution is 2.33. The molecular weight excluding hydrogens is 304 g/mol. The molecule has 4 rings (SSSR count). The fourth-order valence-corrected chi connectivity index (χ4v) is 3.62. The molecule has 6 nitrogen and oxygen atoms in total. The minimum absolute atomic E-state index is 0.0260. The highest BCUT2D eigenvalue weighted by atomic mass is 16.5. The number of rotatable bonds is 3. The Balaban J connectivity index is 1.53. The third-order valence-corrected chi connectivity index (χ3v) is 4.89. The minimum Gasteiger partial charge on any atom is -0.365 e. The first-order valence-electron chi connectivity index (χ1n) is 8.66. The van der Waals surface area contributed by atoms with Crippen molar-refractivity contribution in [3.63, 3.8) is 0 Å². The molecule has 3 heterocycles. The van der Waals surface area contributed by atoms with Crippen LogP contribution in [-0.4, -0.2) is 44.7 Å². The number of carbonyl (C=O) groups excluding carboxylic acids is 1. The molecule has 0 saturated carbocycles. The fraction of sp³-hybridized carbons (Fsp3) is 0.500. The van der Waals surface area contributed by atoms with Gasteiger partial charge in [0.15, 0.2) is 5.82 Å². The van der Waals surface area contributed by atoms with Crippen LogP contribution in [0.25, 0.3) is 11.4 Å². The first kappa shape index (κ1) is 15.3. The molecule has 126 valence electrons. The summed E-state index contributed by atoms with van der Waals surface area (Å²) in [5.74, 6) is 1.54. The Morgan fingerprint density at radius 3 is 2.83 bits per heavy atom. The van der Waals surface area contributed by atoms with Gasteiger partial charge < -0.3 is 9.64 Å². The van der Waals surface area contributed by atoms with Gasteiger partial charge in [0.1, 0.15) is 11.9 Å². The number of nitrogens with zero attached hydrogens (tertiary/aromatic N) is 3. The SMILES string of the molecule is C[C@@H]1CC[C@@H](C(=O)N2CCC[C@H]2c2nc(-c3ccccc3)n[nH]2)O1. The lowest BCUT2D eigenvalue weighted by atomic mass is 10.1. The van der Waals surface area contributed by atoms with Crippen LogP contribution in [-0.2, 0) is 9.53 Å². The predicted octanol–water partition coefficient (Wildman–Crippen LogP) is 2.70. The molecule has 0 unspecified atom stereocenters. The van der Waals surface area contributed by atoms with Crippen LogP contribution < -0.4 is 0 Å². The number of H-pyrrole nitrogens is 1. The highest BCUT2D eigenvalue weighted by Gasteiger charge is 2.38. The molecule has 2 fully saturated rings. The Labute approximate surface area is 141 Å². The van der Waals surface area contributed by atoms with Crippen LogP contribution in [0, 0.1) is 0 Å². The molecule has 2 aromatic rings. The van der Waals surface area contributed by atoms with E-state index in [1.807, 2.05) is 42.2 Å². The molecule has 1 amide bonds. The number of nitrogens with one attached hydrogen (secondary N) is 1. The third-order valence-electron chi connectivity index (χ3n) is 4.89. The van der Waals surface area contributed by atoms with E-state index in [0.717, 1.165) is 43.6 Å². The lowest BCUT2D eigenvalue weighted by molar-refractivity contribution is -0.143. The summed E-state index contributed by atoms with van der Waals surface area (Å²) in [5, 5.41) is 7.36. The second kappa shape index (κ2) is 6.36. The van der Waals surface area contributed by atoms with E-state index in [1.165, 1.54) is 0 Å². The van der Waals surface area contributed by atoms with E-state index in [4.69, 9.17) is 4.74 Å². The largest absolute Gasteiger partial charge is 0.365 e. The fourth-order valence-electron chi connectivity index (χ4n) is 3.62. The Morgan fingerprint density at radius 1 is 1.25 bits per heavy atom. The van der Waals surface area contributed by atoms with Crippen molar-refractivity contribution in [3.8, 4) is 11.4 Å². The maximum Gasteiger partial charge on any atom is 0.252 e. The van der Waals surface area contributed by atoms with Crippen LogP contribution >= 0.6 is 0 Å². The first-order valence-corrected chi connectivity index (χ1v) is 8.66. The second-order valence-electron chi connectivity index (χ2n) is 6.61. The molecule has 1 aromatic carbocycles. The van der Waals surface area contributed by atoms with E-state index in [-0.39, 0.29) is 24.2 Å². The molecular formula is C18H22N4O2. The lowest BCUT2D eigenvalue weighted by Crippen LogP contribution is -2.39. The summed E-state index contributed by atoms with van der Waals surface area (Å²) in [7, 11) is 0. The zero-order valence-corrected chi connectivity index (χ0v) is 13.8.